The summed E-state index contributed by atoms with van der Waals surface area (Å²) in [5, 5.41) is 3.02. The standard InChI is InChI=1S/C23H24FN3O2/c24-18-9-3-2-8-17(18)21-16-25-23(29-21)13-12-22(28)26-19-10-4-5-11-20(19)27-14-6-1-7-15-27/h2-5,8-11,16H,1,6-7,12-15H2,(H,26,28). The fraction of sp³-hybridized carbons (Fsp3) is 0.304. The van der Waals surface area contributed by atoms with Crippen LogP contribution in [0.25, 0.3) is 11.3 Å². The van der Waals surface area contributed by atoms with E-state index >= 15 is 0 Å². The first-order chi connectivity index (χ1) is 14.2. The maximum atomic E-state index is 13.9. The molecule has 0 bridgehead atoms. The second-order valence-corrected chi connectivity index (χ2v) is 7.21. The van der Waals surface area contributed by atoms with E-state index in [1.165, 1.54) is 31.5 Å². The highest BCUT2D eigenvalue weighted by Gasteiger charge is 2.16. The molecule has 2 heterocycles. The SMILES string of the molecule is O=C(CCc1ncc(-c2ccccc2F)o1)Nc1ccccc1N1CCCCC1. The average Bonchev–Trinajstić information content (AvgIpc) is 3.22. The lowest BCUT2D eigenvalue weighted by Gasteiger charge is -2.30. The molecule has 1 aliphatic heterocycles. The Morgan fingerprint density at radius 2 is 1.83 bits per heavy atom. The van der Waals surface area contributed by atoms with Gasteiger partial charge in [0.15, 0.2) is 11.7 Å². The maximum absolute atomic E-state index is 13.9. The molecule has 1 aromatic heterocycles. The summed E-state index contributed by atoms with van der Waals surface area (Å²) in [6, 6.07) is 14.3. The van der Waals surface area contributed by atoms with Gasteiger partial charge in [0.25, 0.3) is 0 Å². The zero-order valence-electron chi connectivity index (χ0n) is 16.2. The molecule has 5 nitrogen and oxygen atoms in total. The van der Waals surface area contributed by atoms with Crippen LogP contribution in [0.3, 0.4) is 0 Å². The Labute approximate surface area is 169 Å². The molecule has 1 N–H and O–H groups in total. The van der Waals surface area contributed by atoms with Gasteiger partial charge in [0, 0.05) is 25.9 Å². The summed E-state index contributed by atoms with van der Waals surface area (Å²) < 4.78 is 19.5. The minimum absolute atomic E-state index is 0.0971. The minimum Gasteiger partial charge on any atom is -0.441 e. The van der Waals surface area contributed by atoms with Crippen LogP contribution in [0, 0.1) is 5.82 Å². The van der Waals surface area contributed by atoms with E-state index in [4.69, 9.17) is 4.42 Å². The molecule has 1 fully saturated rings. The van der Waals surface area contributed by atoms with Crippen LogP contribution in [0.1, 0.15) is 31.6 Å². The summed E-state index contributed by atoms with van der Waals surface area (Å²) in [5.41, 5.74) is 2.27. The van der Waals surface area contributed by atoms with Gasteiger partial charge in [-0.05, 0) is 43.5 Å². The number of aryl methyl sites for hydroxylation is 1. The number of nitrogens with one attached hydrogen (secondary N) is 1. The summed E-state index contributed by atoms with van der Waals surface area (Å²) >= 11 is 0. The largest absolute Gasteiger partial charge is 0.441 e. The van der Waals surface area contributed by atoms with Crippen LogP contribution in [0.2, 0.25) is 0 Å². The molecule has 2 aromatic carbocycles. The lowest BCUT2D eigenvalue weighted by molar-refractivity contribution is -0.116. The Balaban J connectivity index is 1.37. The van der Waals surface area contributed by atoms with Crippen LogP contribution in [0.15, 0.2) is 59.1 Å². The molecule has 0 atom stereocenters. The lowest BCUT2D eigenvalue weighted by atomic mass is 10.1. The third-order valence-corrected chi connectivity index (χ3v) is 5.13. The Morgan fingerprint density at radius 3 is 2.66 bits per heavy atom. The van der Waals surface area contributed by atoms with Gasteiger partial charge < -0.3 is 14.6 Å². The predicted octanol–water partition coefficient (Wildman–Crippen LogP) is 5.04. The second kappa shape index (κ2) is 8.90. The van der Waals surface area contributed by atoms with Crippen molar-refractivity contribution < 1.29 is 13.6 Å². The lowest BCUT2D eigenvalue weighted by Crippen LogP contribution is -2.30. The number of aromatic nitrogens is 1. The monoisotopic (exact) mass is 393 g/mol. The van der Waals surface area contributed by atoms with Crippen LogP contribution >= 0.6 is 0 Å². The number of rotatable bonds is 6. The van der Waals surface area contributed by atoms with Crippen molar-refractivity contribution in [2.45, 2.75) is 32.1 Å². The molecular weight excluding hydrogens is 369 g/mol. The van der Waals surface area contributed by atoms with E-state index in [9.17, 15) is 9.18 Å². The molecule has 0 saturated carbocycles. The molecule has 0 radical (unpaired) electrons. The Bertz CT molecular complexity index is 980. The fourth-order valence-corrected chi connectivity index (χ4v) is 3.63. The number of carbonyl (C=O) groups excluding carboxylic acids is 1. The molecule has 3 aromatic rings. The van der Waals surface area contributed by atoms with Crippen molar-refractivity contribution in [1.29, 1.82) is 0 Å². The van der Waals surface area contributed by atoms with Gasteiger partial charge in [-0.3, -0.25) is 4.79 Å². The average molecular weight is 393 g/mol. The van der Waals surface area contributed by atoms with Crippen LogP contribution in [-0.2, 0) is 11.2 Å². The summed E-state index contributed by atoms with van der Waals surface area (Å²) in [7, 11) is 0. The van der Waals surface area contributed by atoms with Crippen LogP contribution in [-0.4, -0.2) is 24.0 Å². The summed E-state index contributed by atoms with van der Waals surface area (Å²) in [6.45, 7) is 2.03. The van der Waals surface area contributed by atoms with Crippen molar-refractivity contribution in [2.75, 3.05) is 23.3 Å². The van der Waals surface area contributed by atoms with E-state index in [-0.39, 0.29) is 18.1 Å². The Hall–Kier alpha value is -3.15. The highest BCUT2D eigenvalue weighted by molar-refractivity contribution is 5.94. The number of hydrogen-bond donors (Lipinski definition) is 1. The van der Waals surface area contributed by atoms with Crippen molar-refractivity contribution in [3.05, 3.63) is 66.4 Å². The fourth-order valence-electron chi connectivity index (χ4n) is 3.63. The van der Waals surface area contributed by atoms with Crippen molar-refractivity contribution in [2.24, 2.45) is 0 Å². The van der Waals surface area contributed by atoms with Gasteiger partial charge in [-0.1, -0.05) is 24.3 Å². The molecule has 4 rings (SSSR count). The number of halogens is 1. The van der Waals surface area contributed by atoms with Gasteiger partial charge >= 0.3 is 0 Å². The quantitative estimate of drug-likeness (QED) is 0.637. The molecule has 1 saturated heterocycles. The van der Waals surface area contributed by atoms with Gasteiger partial charge in [0.05, 0.1) is 23.1 Å². The molecule has 0 aliphatic carbocycles. The van der Waals surface area contributed by atoms with Gasteiger partial charge in [-0.25, -0.2) is 9.37 Å². The summed E-state index contributed by atoms with van der Waals surface area (Å²) in [5.74, 6) is 0.332. The number of carbonyl (C=O) groups is 1. The first-order valence-electron chi connectivity index (χ1n) is 10.0. The first-order valence-corrected chi connectivity index (χ1v) is 10.0. The van der Waals surface area contributed by atoms with E-state index in [0.29, 0.717) is 23.6 Å². The second-order valence-electron chi connectivity index (χ2n) is 7.21. The van der Waals surface area contributed by atoms with Crippen molar-refractivity contribution in [1.82, 2.24) is 4.98 Å². The van der Waals surface area contributed by atoms with E-state index < -0.39 is 0 Å². The third kappa shape index (κ3) is 4.65. The number of oxazole rings is 1. The van der Waals surface area contributed by atoms with E-state index in [1.807, 2.05) is 18.2 Å². The van der Waals surface area contributed by atoms with Crippen LogP contribution in [0.4, 0.5) is 15.8 Å². The predicted molar refractivity (Wildman–Crippen MR) is 111 cm³/mol. The van der Waals surface area contributed by atoms with Crippen molar-refractivity contribution in [3.63, 3.8) is 0 Å². The number of piperidine rings is 1. The molecule has 1 amide bonds. The van der Waals surface area contributed by atoms with Crippen molar-refractivity contribution in [3.8, 4) is 11.3 Å². The molecule has 150 valence electrons. The Morgan fingerprint density at radius 1 is 1.07 bits per heavy atom. The summed E-state index contributed by atoms with van der Waals surface area (Å²) in [6.07, 6.45) is 5.71. The minimum atomic E-state index is -0.359. The smallest absolute Gasteiger partial charge is 0.224 e. The summed E-state index contributed by atoms with van der Waals surface area (Å²) in [4.78, 5) is 19.0. The normalized spacial score (nSPS) is 14.0. The van der Waals surface area contributed by atoms with Gasteiger partial charge in [-0.15, -0.1) is 0 Å². The van der Waals surface area contributed by atoms with Gasteiger partial charge in [0.1, 0.15) is 5.82 Å². The van der Waals surface area contributed by atoms with Gasteiger partial charge in [-0.2, -0.15) is 0 Å². The molecular formula is C23H24FN3O2. The van der Waals surface area contributed by atoms with E-state index in [2.05, 4.69) is 21.3 Å². The highest BCUT2D eigenvalue weighted by Crippen LogP contribution is 2.28. The number of anilines is 2. The molecule has 1 aliphatic rings. The molecule has 6 heteroatoms. The van der Waals surface area contributed by atoms with Crippen LogP contribution < -0.4 is 10.2 Å². The van der Waals surface area contributed by atoms with E-state index in [1.54, 1.807) is 18.2 Å². The third-order valence-electron chi connectivity index (χ3n) is 5.13. The maximum Gasteiger partial charge on any atom is 0.224 e. The number of para-hydroxylation sites is 2. The zero-order valence-corrected chi connectivity index (χ0v) is 16.2. The number of amides is 1. The molecule has 0 spiro atoms. The first kappa shape index (κ1) is 19.2. The molecule has 0 unspecified atom stereocenters. The van der Waals surface area contributed by atoms with Crippen molar-refractivity contribution >= 4 is 17.3 Å². The number of benzene rings is 2. The Kier molecular flexibility index (Phi) is 5.89. The van der Waals surface area contributed by atoms with Gasteiger partial charge in [0.2, 0.25) is 5.91 Å². The number of hydrogen-bond acceptors (Lipinski definition) is 4. The zero-order chi connectivity index (χ0) is 20.1. The topological polar surface area (TPSA) is 58.4 Å². The molecule has 29 heavy (non-hydrogen) atoms. The highest BCUT2D eigenvalue weighted by atomic mass is 19.1. The number of nitrogens with zero attached hydrogens (tertiary/aromatic N) is 2. The van der Waals surface area contributed by atoms with E-state index in [0.717, 1.165) is 24.5 Å². The van der Waals surface area contributed by atoms with Crippen LogP contribution in [0.5, 0.6) is 0 Å².